The van der Waals surface area contributed by atoms with Crippen molar-refractivity contribution in [3.8, 4) is 80.1 Å². The summed E-state index contributed by atoms with van der Waals surface area (Å²) in [5.41, 5.74) is -1.53. The Morgan fingerprint density at radius 1 is 0.567 bits per heavy atom. The number of carbonyl (C=O) groups excluding carboxylic acids is 6. The number of carboxylic acid groups (broad SMARTS) is 1. The van der Waals surface area contributed by atoms with E-state index in [2.05, 4.69) is 64.8 Å². The van der Waals surface area contributed by atoms with Crippen LogP contribution in [-0.2, 0) is 92.9 Å². The van der Waals surface area contributed by atoms with E-state index in [1.54, 1.807) is 4.68 Å². The van der Waals surface area contributed by atoms with Gasteiger partial charge in [0, 0.05) is 48.8 Å². The number of hydrogen-bond donors (Lipinski definition) is 18. The van der Waals surface area contributed by atoms with E-state index in [1.807, 2.05) is 6.20 Å². The number of rotatable bonds is 25. The zero-order valence-corrected chi connectivity index (χ0v) is 69.1. The van der Waals surface area contributed by atoms with Gasteiger partial charge in [-0.1, -0.05) is 71.2 Å². The van der Waals surface area contributed by atoms with Crippen LogP contribution >= 0.6 is 23.2 Å². The summed E-state index contributed by atoms with van der Waals surface area (Å²) in [6.45, 7) is 5.31. The van der Waals surface area contributed by atoms with Crippen molar-refractivity contribution in [2.24, 2.45) is 0 Å². The molecule has 9 aromatic rings. The summed E-state index contributed by atoms with van der Waals surface area (Å²) in [5.74, 6) is -15.6. The SMILES string of the molecule is CCCCOCc1cn(CCOCCOCCOCCOCc2cn([C@H]3C(=O)N[C@@H]4Cc5ccc(c(Cl)c5)Oc5cc6cc(c5O)Oc5ccc(cc5Cl)[C@@H](O[C@@H]5O[C@H](CO)[C@@H](O)[C@H](O)[C@H]5NC(C)=O)[C@H]5NC(=O)[C@H](NC(O)[C@@H]6NC(=O)[C@@H](NC4=O)c4cc(O)cc(c4)Oc4cc3ccc4O)c3ccc(O)c(c3)-c3c(O)cc(O)cc3[C@H](C(=O)O)NC5=O)nn2)nn1. The Labute approximate surface area is 731 Å². The lowest BCUT2D eigenvalue weighted by Gasteiger charge is -2.44. The third-order valence-corrected chi connectivity index (χ3v) is 21.7. The highest BCUT2D eigenvalue weighted by Gasteiger charge is 2.50. The van der Waals surface area contributed by atoms with E-state index in [0.717, 1.165) is 96.9 Å². The molecule has 2 aromatic heterocycles. The van der Waals surface area contributed by atoms with Crippen LogP contribution in [0.25, 0.3) is 11.1 Å². The number of aliphatic carboxylic acids is 1. The Bertz CT molecular complexity index is 5570. The third-order valence-electron chi connectivity index (χ3n) is 21.1. The van der Waals surface area contributed by atoms with Gasteiger partial charge in [0.15, 0.2) is 41.4 Å². The highest BCUT2D eigenvalue weighted by Crippen LogP contribution is 2.49. The predicted octanol–water partition coefficient (Wildman–Crippen LogP) is 4.10. The topological polar surface area (TPSA) is 580 Å². The number of aromatic nitrogens is 6. The summed E-state index contributed by atoms with van der Waals surface area (Å²) in [7, 11) is 0. The Morgan fingerprint density at radius 2 is 1.20 bits per heavy atom. The monoisotopic (exact) mass is 1800 g/mol. The van der Waals surface area contributed by atoms with Crippen molar-refractivity contribution in [3.63, 3.8) is 0 Å². The summed E-state index contributed by atoms with van der Waals surface area (Å²) in [5, 5.41) is 163. The van der Waals surface area contributed by atoms with Gasteiger partial charge in [0.1, 0.15) is 112 Å². The molecule has 18 N–H and O–H groups in total. The molecule has 7 aromatic carbocycles. The van der Waals surface area contributed by atoms with E-state index in [4.69, 9.17) is 70.6 Å². The third kappa shape index (κ3) is 21.2. The Balaban J connectivity index is 0.808. The number of aliphatic hydroxyl groups excluding tert-OH is 4. The molecule has 9 heterocycles. The van der Waals surface area contributed by atoms with Crippen LogP contribution < -0.4 is 51.4 Å². The Hall–Kier alpha value is -12.6. The summed E-state index contributed by atoms with van der Waals surface area (Å²) < 4.78 is 63.1. The van der Waals surface area contributed by atoms with Crippen LogP contribution in [0.3, 0.4) is 0 Å². The van der Waals surface area contributed by atoms with Gasteiger partial charge < -0.3 is 135 Å². The standard InChI is InChI=1S/C84H89Cl2N13O28/c1-3-4-14-121-37-46-34-98(96-94-46)13-15-118-16-17-119-18-19-120-20-21-122-38-47-35-99(97-95-47)72-42-7-10-57(105)61(28-42)123-50-25-44(24-48(102)31-50)67-79(112)91-68-45-29-62(124-59-11-5-40(22-53(59)85)23-55(77(110)89-67)88-82(72)115)73(107)63(30-45)125-60-12-8-43(27-54(60)86)76(127-84-70(87-39(2)101)75(109)74(108)64(36-100)126-84)71-81(114)92-69(83(116)117)52-32-49(103)33-58(106)65(52)51-26-41(6-9-56(51)104)66(78(111)93-71)90-80(68)113/h5-12,22,24-35,55,64,66-72,74-76,80,84,90,100,102-109,113H,3-4,13-21,23,36-38H2,1-2H3,(H,87,101)(H,88,115)(H,89,110)(H,91,112)(H,92,114)(H,93,111)(H,116,117)/t55-,64-,66-,67+,68-,69-,70-,71-,72-,74-,75-,76-,80?,84+/m1/s1. The van der Waals surface area contributed by atoms with Crippen LogP contribution in [0.5, 0.6) is 69.0 Å². The fourth-order valence-electron chi connectivity index (χ4n) is 14.9. The molecule has 16 rings (SSSR count). The number of aliphatic hydroxyl groups is 4. The summed E-state index contributed by atoms with van der Waals surface area (Å²) in [6, 6.07) is 5.54. The molecule has 0 radical (unpaired) electrons. The molecular formula is C84H89Cl2N13O28. The number of carbonyl (C=O) groups is 7. The van der Waals surface area contributed by atoms with Crippen LogP contribution in [-0.4, -0.2) is 236 Å². The van der Waals surface area contributed by atoms with Gasteiger partial charge in [0.2, 0.25) is 41.2 Å². The van der Waals surface area contributed by atoms with Gasteiger partial charge in [-0.2, -0.15) is 0 Å². The zero-order valence-electron chi connectivity index (χ0n) is 67.6. The summed E-state index contributed by atoms with van der Waals surface area (Å²) in [6.07, 6.45) is -7.56. The first-order valence-corrected chi connectivity index (χ1v) is 40.8. The minimum Gasteiger partial charge on any atom is -0.508 e. The van der Waals surface area contributed by atoms with Crippen LogP contribution in [0, 0.1) is 0 Å². The maximum absolute atomic E-state index is 16.2. The largest absolute Gasteiger partial charge is 0.508 e. The number of fused-ring (bicyclic) bond motifs is 14. The Morgan fingerprint density at radius 3 is 1.91 bits per heavy atom. The molecule has 127 heavy (non-hydrogen) atoms. The Kier molecular flexibility index (Phi) is 28.8. The molecule has 0 aliphatic carbocycles. The highest BCUT2D eigenvalue weighted by molar-refractivity contribution is 6.32. The average molecular weight is 1800 g/mol. The number of amides is 6. The van der Waals surface area contributed by atoms with Gasteiger partial charge >= 0.3 is 5.97 Å². The molecule has 41 nitrogen and oxygen atoms in total. The fourth-order valence-corrected chi connectivity index (χ4v) is 15.4. The molecule has 14 atom stereocenters. The molecule has 672 valence electrons. The van der Waals surface area contributed by atoms with E-state index in [9.17, 15) is 65.8 Å². The molecule has 1 unspecified atom stereocenters. The van der Waals surface area contributed by atoms with E-state index >= 15 is 24.0 Å². The molecule has 17 bridgehead atoms. The number of phenols is 6. The molecule has 1 fully saturated rings. The number of carboxylic acids is 1. The van der Waals surface area contributed by atoms with E-state index in [1.165, 1.54) is 54.7 Å². The molecule has 7 aliphatic heterocycles. The van der Waals surface area contributed by atoms with Crippen molar-refractivity contribution in [3.05, 3.63) is 188 Å². The molecule has 0 spiro atoms. The van der Waals surface area contributed by atoms with Crippen molar-refractivity contribution in [2.75, 3.05) is 59.5 Å². The van der Waals surface area contributed by atoms with Crippen LogP contribution in [0.15, 0.2) is 128 Å². The quantitative estimate of drug-likeness (QED) is 0.0358. The number of benzene rings is 7. The highest BCUT2D eigenvalue weighted by atomic mass is 35.5. The van der Waals surface area contributed by atoms with Gasteiger partial charge in [0.25, 0.3) is 0 Å². The van der Waals surface area contributed by atoms with Gasteiger partial charge in [-0.15, -0.1) is 10.2 Å². The molecule has 7 aliphatic rings. The molecule has 6 amide bonds. The first-order valence-electron chi connectivity index (χ1n) is 40.0. The van der Waals surface area contributed by atoms with Gasteiger partial charge in [0.05, 0.1) is 101 Å². The maximum atomic E-state index is 16.2. The van der Waals surface area contributed by atoms with Gasteiger partial charge in [-0.3, -0.25) is 34.1 Å². The average Bonchev–Trinajstić information content (AvgIpc) is 1.39. The minimum atomic E-state index is -2.49. The number of unbranched alkanes of at least 4 members (excludes halogenated alkanes) is 1. The van der Waals surface area contributed by atoms with Crippen LogP contribution in [0.1, 0.15) is 113 Å². The van der Waals surface area contributed by atoms with Crippen LogP contribution in [0.4, 0.5) is 0 Å². The minimum absolute atomic E-state index is 0.0879. The molecule has 43 heteroatoms. The fraction of sp³-hybridized carbons (Fsp3) is 0.369. The zero-order chi connectivity index (χ0) is 90.0. The van der Waals surface area contributed by atoms with Crippen molar-refractivity contribution in [2.45, 2.75) is 138 Å². The lowest BCUT2D eigenvalue weighted by molar-refractivity contribution is -0.284. The predicted molar refractivity (Wildman–Crippen MR) is 438 cm³/mol. The number of aromatic hydroxyl groups is 6. The first kappa shape index (κ1) is 90.6. The number of nitrogens with zero attached hydrogens (tertiary/aromatic N) is 6. The number of ether oxygens (including phenoxy) is 10. The second kappa shape index (κ2) is 40.4. The summed E-state index contributed by atoms with van der Waals surface area (Å²) in [4.78, 5) is 106. The number of hydrogen-bond acceptors (Lipinski definition) is 32. The van der Waals surface area contributed by atoms with Crippen molar-refractivity contribution in [1.29, 1.82) is 0 Å². The smallest absolute Gasteiger partial charge is 0.330 e. The van der Waals surface area contributed by atoms with Crippen molar-refractivity contribution < 1.29 is 137 Å². The maximum Gasteiger partial charge on any atom is 0.330 e. The number of phenolic OH excluding ortho intramolecular Hbond substituents is 6. The number of halogens is 2. The first-order chi connectivity index (χ1) is 61.1. The normalized spacial score (nSPS) is 22.9. The van der Waals surface area contributed by atoms with Gasteiger partial charge in [-0.25, -0.2) is 14.2 Å². The van der Waals surface area contributed by atoms with Crippen molar-refractivity contribution >= 4 is 64.6 Å². The van der Waals surface area contributed by atoms with Crippen molar-refractivity contribution in [1.82, 2.24) is 67.2 Å². The van der Waals surface area contributed by atoms with E-state index in [0.29, 0.717) is 39.6 Å². The molecule has 1 saturated heterocycles. The lowest BCUT2D eigenvalue weighted by Crippen LogP contribution is -2.65. The van der Waals surface area contributed by atoms with E-state index in [-0.39, 0.29) is 100 Å². The van der Waals surface area contributed by atoms with Crippen LogP contribution in [0.2, 0.25) is 10.0 Å². The molecular weight excluding hydrogens is 1710 g/mol. The lowest BCUT2D eigenvalue weighted by atomic mass is 9.89. The van der Waals surface area contributed by atoms with E-state index < -0.39 is 207 Å². The second-order valence-corrected chi connectivity index (χ2v) is 31.0. The molecule has 0 saturated carbocycles. The van der Waals surface area contributed by atoms with Gasteiger partial charge in [-0.05, 0) is 119 Å². The number of nitrogens with one attached hydrogen (secondary N) is 7. The second-order valence-electron chi connectivity index (χ2n) is 30.2. The summed E-state index contributed by atoms with van der Waals surface area (Å²) >= 11 is 14.3.